The van der Waals surface area contributed by atoms with Crippen molar-refractivity contribution in [3.05, 3.63) is 75.7 Å². The number of amides is 1. The Hall–Kier alpha value is -2.92. The van der Waals surface area contributed by atoms with Crippen LogP contribution >= 0.6 is 0 Å². The largest absolute Gasteiger partial charge is 0.389 e. The first-order chi connectivity index (χ1) is 13.1. The molecule has 28 heavy (non-hydrogen) atoms. The fourth-order valence-corrected chi connectivity index (χ4v) is 3.33. The highest BCUT2D eigenvalue weighted by Crippen LogP contribution is 2.22. The van der Waals surface area contributed by atoms with Crippen LogP contribution in [-0.2, 0) is 17.8 Å². The van der Waals surface area contributed by atoms with Gasteiger partial charge >= 0.3 is 0 Å². The number of fused-ring (bicyclic) bond motifs is 1. The summed E-state index contributed by atoms with van der Waals surface area (Å²) in [6.45, 7) is 7.52. The molecule has 1 amide bonds. The highest BCUT2D eigenvalue weighted by Gasteiger charge is 2.16. The molecule has 0 aliphatic rings. The fourth-order valence-electron chi connectivity index (χ4n) is 3.33. The maximum Gasteiger partial charge on any atom is 0.258 e. The Morgan fingerprint density at radius 1 is 1.11 bits per heavy atom. The third kappa shape index (κ3) is 4.49. The molecule has 0 unspecified atom stereocenters. The topological polar surface area (TPSA) is 71.3 Å². The molecule has 5 nitrogen and oxygen atoms in total. The maximum atomic E-state index is 12.8. The van der Waals surface area contributed by atoms with Crippen molar-refractivity contribution in [2.75, 3.05) is 5.32 Å². The normalized spacial score (nSPS) is 11.6. The van der Waals surface area contributed by atoms with E-state index in [0.29, 0.717) is 16.5 Å². The van der Waals surface area contributed by atoms with Crippen LogP contribution in [0.25, 0.3) is 10.8 Å². The van der Waals surface area contributed by atoms with Crippen LogP contribution in [0.2, 0.25) is 0 Å². The van der Waals surface area contributed by atoms with Crippen LogP contribution in [0.5, 0.6) is 0 Å². The Bertz CT molecular complexity index is 1090. The van der Waals surface area contributed by atoms with E-state index >= 15 is 0 Å². The Morgan fingerprint density at radius 3 is 2.57 bits per heavy atom. The number of hydrogen-bond acceptors (Lipinski definition) is 3. The van der Waals surface area contributed by atoms with Gasteiger partial charge in [0.05, 0.1) is 18.6 Å². The number of aromatic nitrogens is 1. The van der Waals surface area contributed by atoms with Gasteiger partial charge in [-0.1, -0.05) is 29.8 Å². The van der Waals surface area contributed by atoms with E-state index < -0.39 is 5.60 Å². The van der Waals surface area contributed by atoms with Gasteiger partial charge in [-0.15, -0.1) is 0 Å². The summed E-state index contributed by atoms with van der Waals surface area (Å²) in [5, 5.41) is 14.1. The minimum atomic E-state index is -0.991. The molecular weight excluding hydrogens is 352 g/mol. The molecule has 0 saturated carbocycles. The van der Waals surface area contributed by atoms with Gasteiger partial charge in [0.15, 0.2) is 0 Å². The first-order valence-electron chi connectivity index (χ1n) is 9.34. The van der Waals surface area contributed by atoms with Crippen molar-refractivity contribution in [3.8, 4) is 0 Å². The van der Waals surface area contributed by atoms with Crippen LogP contribution in [0.1, 0.15) is 30.5 Å². The predicted octanol–water partition coefficient (Wildman–Crippen LogP) is 3.57. The second kappa shape index (κ2) is 7.60. The lowest BCUT2D eigenvalue weighted by Crippen LogP contribution is -2.32. The number of rotatable bonds is 5. The molecule has 3 rings (SSSR count). The predicted molar refractivity (Wildman–Crippen MR) is 113 cm³/mol. The fraction of sp³-hybridized carbons (Fsp3) is 0.304. The summed E-state index contributed by atoms with van der Waals surface area (Å²) in [6, 6.07) is 13.2. The number of benzene rings is 2. The molecule has 0 radical (unpaired) electrons. The molecule has 0 atom stereocenters. The quantitative estimate of drug-likeness (QED) is 0.713. The van der Waals surface area contributed by atoms with Gasteiger partial charge in [0.25, 0.3) is 5.56 Å². The molecule has 0 aliphatic carbocycles. The molecule has 0 aliphatic heterocycles. The van der Waals surface area contributed by atoms with Crippen LogP contribution in [-0.4, -0.2) is 21.2 Å². The Kier molecular flexibility index (Phi) is 5.38. The lowest BCUT2D eigenvalue weighted by Gasteiger charge is -2.19. The zero-order valence-corrected chi connectivity index (χ0v) is 16.7. The van der Waals surface area contributed by atoms with Gasteiger partial charge in [-0.05, 0) is 57.0 Å². The summed E-state index contributed by atoms with van der Waals surface area (Å²) in [4.78, 5) is 25.4. The standard InChI is InChI=1S/C23H26N2O3/c1-15-8-9-16(2)17(12-15)13-21(26)24-20-7-5-6-19-18(20)10-11-25(22(19)27)14-23(3,4)28/h5-12,28H,13-14H2,1-4H3,(H,24,26). The monoisotopic (exact) mass is 378 g/mol. The van der Waals surface area contributed by atoms with Crippen molar-refractivity contribution >= 4 is 22.4 Å². The summed E-state index contributed by atoms with van der Waals surface area (Å²) in [5.41, 5.74) is 2.62. The van der Waals surface area contributed by atoms with Gasteiger partial charge in [0, 0.05) is 22.7 Å². The van der Waals surface area contributed by atoms with E-state index in [1.807, 2.05) is 32.0 Å². The molecule has 0 saturated heterocycles. The van der Waals surface area contributed by atoms with Gasteiger partial charge in [0.1, 0.15) is 0 Å². The molecule has 146 valence electrons. The van der Waals surface area contributed by atoms with E-state index in [0.717, 1.165) is 16.7 Å². The zero-order valence-electron chi connectivity index (χ0n) is 16.7. The third-order valence-electron chi connectivity index (χ3n) is 4.71. The van der Waals surface area contributed by atoms with E-state index in [1.165, 1.54) is 4.57 Å². The average molecular weight is 378 g/mol. The molecule has 0 fully saturated rings. The van der Waals surface area contributed by atoms with Gasteiger partial charge in [-0.3, -0.25) is 9.59 Å². The minimum absolute atomic E-state index is 0.123. The number of anilines is 1. The molecule has 5 heteroatoms. The number of nitrogens with zero attached hydrogens (tertiary/aromatic N) is 1. The Morgan fingerprint density at radius 2 is 1.86 bits per heavy atom. The van der Waals surface area contributed by atoms with Crippen molar-refractivity contribution in [2.24, 2.45) is 0 Å². The minimum Gasteiger partial charge on any atom is -0.389 e. The smallest absolute Gasteiger partial charge is 0.258 e. The number of hydrogen-bond donors (Lipinski definition) is 2. The third-order valence-corrected chi connectivity index (χ3v) is 4.71. The lowest BCUT2D eigenvalue weighted by molar-refractivity contribution is -0.115. The molecule has 1 aromatic heterocycles. The van der Waals surface area contributed by atoms with Crippen LogP contribution in [0, 0.1) is 13.8 Å². The molecule has 0 spiro atoms. The van der Waals surface area contributed by atoms with Crippen LogP contribution in [0.3, 0.4) is 0 Å². The molecular formula is C23H26N2O3. The SMILES string of the molecule is Cc1ccc(C)c(CC(=O)Nc2cccc3c(=O)n(CC(C)(C)O)ccc23)c1. The van der Waals surface area contributed by atoms with Gasteiger partial charge in [-0.25, -0.2) is 0 Å². The zero-order chi connectivity index (χ0) is 20.5. The lowest BCUT2D eigenvalue weighted by atomic mass is 10.0. The van der Waals surface area contributed by atoms with Crippen molar-refractivity contribution in [1.29, 1.82) is 0 Å². The molecule has 1 heterocycles. The van der Waals surface area contributed by atoms with E-state index in [-0.39, 0.29) is 24.4 Å². The van der Waals surface area contributed by atoms with E-state index in [1.54, 1.807) is 44.3 Å². The summed E-state index contributed by atoms with van der Waals surface area (Å²) >= 11 is 0. The molecule has 2 aromatic carbocycles. The number of nitrogens with one attached hydrogen (secondary N) is 1. The van der Waals surface area contributed by atoms with Crippen LogP contribution in [0.15, 0.2) is 53.5 Å². The van der Waals surface area contributed by atoms with Crippen molar-refractivity contribution in [1.82, 2.24) is 4.57 Å². The summed E-state index contributed by atoms with van der Waals surface area (Å²) in [5.74, 6) is -0.123. The second-order valence-corrected chi connectivity index (χ2v) is 7.98. The van der Waals surface area contributed by atoms with E-state index in [4.69, 9.17) is 0 Å². The molecule has 3 aromatic rings. The van der Waals surface area contributed by atoms with Crippen LogP contribution < -0.4 is 10.9 Å². The number of carbonyl (C=O) groups is 1. The highest BCUT2D eigenvalue weighted by atomic mass is 16.3. The number of aryl methyl sites for hydroxylation is 2. The number of aliphatic hydroxyl groups is 1. The first-order valence-corrected chi connectivity index (χ1v) is 9.34. The van der Waals surface area contributed by atoms with Crippen molar-refractivity contribution in [3.63, 3.8) is 0 Å². The van der Waals surface area contributed by atoms with E-state index in [9.17, 15) is 14.7 Å². The Labute approximate surface area is 164 Å². The molecule has 2 N–H and O–H groups in total. The second-order valence-electron chi connectivity index (χ2n) is 7.98. The average Bonchev–Trinajstić information content (AvgIpc) is 2.60. The highest BCUT2D eigenvalue weighted by molar-refractivity contribution is 6.02. The van der Waals surface area contributed by atoms with Gasteiger partial charge in [0.2, 0.25) is 5.91 Å². The van der Waals surface area contributed by atoms with Crippen molar-refractivity contribution < 1.29 is 9.90 Å². The molecule has 0 bridgehead atoms. The van der Waals surface area contributed by atoms with Gasteiger partial charge in [-0.2, -0.15) is 0 Å². The number of carbonyl (C=O) groups excluding carboxylic acids is 1. The number of pyridine rings is 1. The van der Waals surface area contributed by atoms with E-state index in [2.05, 4.69) is 5.32 Å². The van der Waals surface area contributed by atoms with Gasteiger partial charge < -0.3 is 15.0 Å². The summed E-state index contributed by atoms with van der Waals surface area (Å²) in [7, 11) is 0. The van der Waals surface area contributed by atoms with Crippen molar-refractivity contribution in [2.45, 2.75) is 46.3 Å². The Balaban J connectivity index is 1.89. The maximum absolute atomic E-state index is 12.8. The summed E-state index contributed by atoms with van der Waals surface area (Å²) in [6.07, 6.45) is 1.93. The first kappa shape index (κ1) is 19.8. The summed E-state index contributed by atoms with van der Waals surface area (Å²) < 4.78 is 1.49. The van der Waals surface area contributed by atoms with Crippen LogP contribution in [0.4, 0.5) is 5.69 Å².